The van der Waals surface area contributed by atoms with Gasteiger partial charge in [0.05, 0.1) is 4.90 Å². The van der Waals surface area contributed by atoms with Crippen molar-refractivity contribution in [3.8, 4) is 0 Å². The molecular weight excluding hydrogens is 382 g/mol. The summed E-state index contributed by atoms with van der Waals surface area (Å²) in [6, 6.07) is 6.84. The summed E-state index contributed by atoms with van der Waals surface area (Å²) >= 11 is 0. The predicted molar refractivity (Wildman–Crippen MR) is 122 cm³/mol. The van der Waals surface area contributed by atoms with Gasteiger partial charge in [0.15, 0.2) is 0 Å². The van der Waals surface area contributed by atoms with Crippen LogP contribution in [0.25, 0.3) is 0 Å². The molecule has 0 aliphatic carbocycles. The van der Waals surface area contributed by atoms with E-state index < -0.39 is 10.0 Å². The van der Waals surface area contributed by atoms with Crippen LogP contribution >= 0.6 is 0 Å². The van der Waals surface area contributed by atoms with E-state index in [-0.39, 0.29) is 11.8 Å². The Bertz CT molecular complexity index is 668. The van der Waals surface area contributed by atoms with E-state index >= 15 is 0 Å². The molecule has 0 aliphatic heterocycles. The lowest BCUT2D eigenvalue weighted by Gasteiger charge is -2.19. The summed E-state index contributed by atoms with van der Waals surface area (Å²) in [6.45, 7) is 5.77. The molecule has 1 N–H and O–H groups in total. The summed E-state index contributed by atoms with van der Waals surface area (Å²) < 4.78 is 28.4. The Morgan fingerprint density at radius 2 is 1.38 bits per heavy atom. The Morgan fingerprint density at radius 3 is 1.93 bits per heavy atom. The molecule has 0 aliphatic rings. The van der Waals surface area contributed by atoms with Crippen molar-refractivity contribution in [2.45, 2.75) is 115 Å². The second-order valence-corrected chi connectivity index (χ2v) is 10.1. The summed E-state index contributed by atoms with van der Waals surface area (Å²) in [6.07, 6.45) is 14.0. The molecule has 0 fully saturated rings. The molecule has 166 valence electrons. The molecule has 5 heteroatoms. The minimum absolute atomic E-state index is 0.106. The third-order valence-corrected chi connectivity index (χ3v) is 6.93. The van der Waals surface area contributed by atoms with Crippen molar-refractivity contribution in [1.29, 1.82) is 0 Å². The van der Waals surface area contributed by atoms with Crippen LogP contribution in [0.15, 0.2) is 29.2 Å². The van der Waals surface area contributed by atoms with Gasteiger partial charge in [-0.3, -0.25) is 0 Å². The molecule has 0 radical (unpaired) electrons. The summed E-state index contributed by atoms with van der Waals surface area (Å²) in [5.74, 6) is 0.160. The van der Waals surface area contributed by atoms with Crippen LogP contribution in [-0.2, 0) is 14.8 Å². The van der Waals surface area contributed by atoms with Crippen molar-refractivity contribution in [2.24, 2.45) is 0 Å². The van der Waals surface area contributed by atoms with Gasteiger partial charge in [0.1, 0.15) is 5.78 Å². The van der Waals surface area contributed by atoms with E-state index in [0.717, 1.165) is 31.2 Å². The number of hydrogen-bond donors (Lipinski definition) is 1. The lowest BCUT2D eigenvalue weighted by molar-refractivity contribution is -0.117. The standard InChI is InChI=1S/C24H41NO3S/c1-4-5-6-7-8-9-10-11-12-15-23(16-13-14-22(3)26)25-29(27,28)24-19-17-21(2)18-20-24/h17-20,23,25H,4-16H2,1-3H3/t23-/m1/s1. The number of rotatable bonds is 17. The molecule has 1 atom stereocenters. The zero-order valence-corrected chi connectivity index (χ0v) is 19.5. The molecular formula is C24H41NO3S. The monoisotopic (exact) mass is 423 g/mol. The first-order chi connectivity index (χ1) is 13.8. The maximum absolute atomic E-state index is 12.7. The van der Waals surface area contributed by atoms with Gasteiger partial charge in [-0.15, -0.1) is 0 Å². The Kier molecular flexibility index (Phi) is 13.1. The van der Waals surface area contributed by atoms with E-state index in [9.17, 15) is 13.2 Å². The summed E-state index contributed by atoms with van der Waals surface area (Å²) in [5, 5.41) is 0. The van der Waals surface area contributed by atoms with Crippen molar-refractivity contribution in [1.82, 2.24) is 4.72 Å². The normalized spacial score (nSPS) is 12.8. The highest BCUT2D eigenvalue weighted by atomic mass is 32.2. The van der Waals surface area contributed by atoms with Crippen LogP contribution in [0.2, 0.25) is 0 Å². The van der Waals surface area contributed by atoms with Crippen molar-refractivity contribution in [2.75, 3.05) is 0 Å². The van der Waals surface area contributed by atoms with Gasteiger partial charge in [0.2, 0.25) is 10.0 Å². The number of sulfonamides is 1. The zero-order valence-electron chi connectivity index (χ0n) is 18.7. The van der Waals surface area contributed by atoms with Crippen LogP contribution in [0.1, 0.15) is 103 Å². The summed E-state index contributed by atoms with van der Waals surface area (Å²) in [7, 11) is -3.52. The highest BCUT2D eigenvalue weighted by molar-refractivity contribution is 7.89. The highest BCUT2D eigenvalue weighted by Gasteiger charge is 2.19. The molecule has 1 rings (SSSR count). The fourth-order valence-corrected chi connectivity index (χ4v) is 4.87. The quantitative estimate of drug-likeness (QED) is 0.298. The first-order valence-corrected chi connectivity index (χ1v) is 12.9. The molecule has 0 unspecified atom stereocenters. The lowest BCUT2D eigenvalue weighted by atomic mass is 10.0. The average Bonchev–Trinajstić information content (AvgIpc) is 2.66. The molecule has 1 aromatic carbocycles. The summed E-state index contributed by atoms with van der Waals surface area (Å²) in [5.41, 5.74) is 1.04. The SMILES string of the molecule is CCCCCCCCCCC[C@H](CCCC(C)=O)NS(=O)(=O)c1ccc(C)cc1. The van der Waals surface area contributed by atoms with Crippen molar-refractivity contribution in [3.05, 3.63) is 29.8 Å². The molecule has 0 spiro atoms. The van der Waals surface area contributed by atoms with Gasteiger partial charge in [0, 0.05) is 12.5 Å². The predicted octanol–water partition coefficient (Wildman–Crippen LogP) is 6.32. The van der Waals surface area contributed by atoms with E-state index in [1.54, 1.807) is 19.1 Å². The Balaban J connectivity index is 2.46. The van der Waals surface area contributed by atoms with Gasteiger partial charge in [-0.05, 0) is 45.2 Å². The highest BCUT2D eigenvalue weighted by Crippen LogP contribution is 2.17. The van der Waals surface area contributed by atoms with Crippen LogP contribution < -0.4 is 4.72 Å². The lowest BCUT2D eigenvalue weighted by Crippen LogP contribution is -2.35. The smallest absolute Gasteiger partial charge is 0.240 e. The number of Topliss-reactive ketones (excluding diaryl/α,β-unsaturated/α-hetero) is 1. The number of ketones is 1. The Labute approximate surface area is 178 Å². The molecule has 1 aromatic rings. The number of aryl methyl sites for hydroxylation is 1. The van der Waals surface area contributed by atoms with E-state index in [1.165, 1.54) is 44.9 Å². The van der Waals surface area contributed by atoms with E-state index in [4.69, 9.17) is 0 Å². The van der Waals surface area contributed by atoms with E-state index in [0.29, 0.717) is 17.7 Å². The van der Waals surface area contributed by atoms with Crippen molar-refractivity contribution >= 4 is 15.8 Å². The van der Waals surface area contributed by atoms with Crippen molar-refractivity contribution in [3.63, 3.8) is 0 Å². The Morgan fingerprint density at radius 1 is 0.862 bits per heavy atom. The van der Waals surface area contributed by atoms with Crippen LogP contribution in [-0.4, -0.2) is 20.2 Å². The molecule has 0 saturated carbocycles. The topological polar surface area (TPSA) is 63.2 Å². The maximum atomic E-state index is 12.7. The van der Waals surface area contributed by atoms with Gasteiger partial charge in [-0.25, -0.2) is 13.1 Å². The van der Waals surface area contributed by atoms with Crippen LogP contribution in [0.5, 0.6) is 0 Å². The van der Waals surface area contributed by atoms with Crippen LogP contribution in [0, 0.1) is 6.92 Å². The van der Waals surface area contributed by atoms with Gasteiger partial charge in [0.25, 0.3) is 0 Å². The average molecular weight is 424 g/mol. The molecule has 0 bridgehead atoms. The van der Waals surface area contributed by atoms with Crippen LogP contribution in [0.4, 0.5) is 0 Å². The first kappa shape index (κ1) is 25.8. The molecule has 0 aromatic heterocycles. The minimum atomic E-state index is -3.52. The van der Waals surface area contributed by atoms with E-state index in [2.05, 4.69) is 11.6 Å². The first-order valence-electron chi connectivity index (χ1n) is 11.4. The van der Waals surface area contributed by atoms with Crippen molar-refractivity contribution < 1.29 is 13.2 Å². The van der Waals surface area contributed by atoms with Gasteiger partial charge < -0.3 is 4.79 Å². The number of unbranched alkanes of at least 4 members (excludes halogenated alkanes) is 8. The molecule has 29 heavy (non-hydrogen) atoms. The second kappa shape index (κ2) is 14.7. The van der Waals surface area contributed by atoms with Gasteiger partial charge in [-0.1, -0.05) is 82.4 Å². The second-order valence-electron chi connectivity index (χ2n) is 8.34. The van der Waals surface area contributed by atoms with Gasteiger partial charge >= 0.3 is 0 Å². The number of hydrogen-bond acceptors (Lipinski definition) is 3. The third kappa shape index (κ3) is 12.2. The minimum Gasteiger partial charge on any atom is -0.300 e. The fourth-order valence-electron chi connectivity index (χ4n) is 3.57. The number of benzene rings is 1. The van der Waals surface area contributed by atoms with Gasteiger partial charge in [-0.2, -0.15) is 0 Å². The number of carbonyl (C=O) groups excluding carboxylic acids is 1. The Hall–Kier alpha value is -1.20. The number of nitrogens with one attached hydrogen (secondary N) is 1. The third-order valence-electron chi connectivity index (χ3n) is 5.39. The summed E-state index contributed by atoms with van der Waals surface area (Å²) in [4.78, 5) is 11.6. The largest absolute Gasteiger partial charge is 0.300 e. The molecule has 0 amide bonds. The fraction of sp³-hybridized carbons (Fsp3) is 0.708. The van der Waals surface area contributed by atoms with Crippen LogP contribution in [0.3, 0.4) is 0 Å². The molecule has 0 saturated heterocycles. The molecule has 0 heterocycles. The van der Waals surface area contributed by atoms with E-state index in [1.807, 2.05) is 19.1 Å². The molecule has 4 nitrogen and oxygen atoms in total. The maximum Gasteiger partial charge on any atom is 0.240 e. The number of carbonyl (C=O) groups is 1. The zero-order chi connectivity index (χ0) is 21.5.